The molecule has 5 rings (SSSR count). The number of carbonyl (C=O) groups excluding carboxylic acids is 2. The van der Waals surface area contributed by atoms with Crippen LogP contribution in [0.2, 0.25) is 0 Å². The maximum atomic E-state index is 13.5. The van der Waals surface area contributed by atoms with Gasteiger partial charge in [0.05, 0.1) is 28.7 Å². The number of hydrogen-bond acceptors (Lipinski definition) is 7. The zero-order chi connectivity index (χ0) is 28.4. The molecule has 2 aliphatic heterocycles. The topological polar surface area (TPSA) is 129 Å². The van der Waals surface area contributed by atoms with Crippen LogP contribution in [0.25, 0.3) is 0 Å². The highest BCUT2D eigenvalue weighted by atomic mass is 32.2. The molecule has 0 radical (unpaired) electrons. The van der Waals surface area contributed by atoms with Crippen molar-refractivity contribution in [1.82, 2.24) is 5.32 Å². The highest BCUT2D eigenvalue weighted by molar-refractivity contribution is 7.91. The quantitative estimate of drug-likeness (QED) is 0.499. The number of carbonyl (C=O) groups is 2. The Morgan fingerprint density at radius 2 is 1.73 bits per heavy atom. The number of nitrogens with one attached hydrogen (secondary N) is 1. The number of aliphatic imine (C=N–C) groups is 1. The Kier molecular flexibility index (Phi) is 8.35. The summed E-state index contributed by atoms with van der Waals surface area (Å²) in [6.07, 6.45) is 6.80. The number of nitrogens with zero attached hydrogens (tertiary/aromatic N) is 3. The number of anilines is 1. The standard InChI is InChI=1S/C30H40N4O5S/c1-29(12-16-39-17-13-29)28(36)32-26(22-6-8-24(9-7-22)34-14-18-40(37,38)19-15-34)20-23-4-2-3-5-25(23)27(35)33-30(21-31)10-11-30/h6-9,23,25H,2-5,10-20H2,1H3,(H,33,35). The lowest BCUT2D eigenvalue weighted by Crippen LogP contribution is -2.43. The molecule has 2 saturated carbocycles. The third-order valence-electron chi connectivity index (χ3n) is 9.29. The molecule has 2 unspecified atom stereocenters. The van der Waals surface area contributed by atoms with E-state index in [-0.39, 0.29) is 35.2 Å². The average molecular weight is 569 g/mol. The van der Waals surface area contributed by atoms with Gasteiger partial charge in [0, 0.05) is 37.9 Å². The Hall–Kier alpha value is -2.77. The van der Waals surface area contributed by atoms with Crippen molar-refractivity contribution in [2.75, 3.05) is 42.7 Å². The fraction of sp³-hybridized carbons (Fsp3) is 0.667. The van der Waals surface area contributed by atoms with Crippen LogP contribution in [0.5, 0.6) is 0 Å². The second-order valence-corrected chi connectivity index (χ2v) is 14.6. The second-order valence-electron chi connectivity index (χ2n) is 12.3. The van der Waals surface area contributed by atoms with Gasteiger partial charge in [0.2, 0.25) is 5.91 Å². The van der Waals surface area contributed by atoms with E-state index in [1.807, 2.05) is 31.2 Å². The summed E-state index contributed by atoms with van der Waals surface area (Å²) in [5, 5.41) is 12.5. The molecule has 1 N–H and O–H groups in total. The number of amides is 2. The molecule has 0 spiro atoms. The number of nitriles is 1. The molecule has 2 aliphatic carbocycles. The molecule has 10 heteroatoms. The van der Waals surface area contributed by atoms with Crippen LogP contribution in [-0.2, 0) is 24.2 Å². The Bertz CT molecular complexity index is 1280. The van der Waals surface area contributed by atoms with Gasteiger partial charge < -0.3 is 15.0 Å². The smallest absolute Gasteiger partial charge is 0.252 e. The van der Waals surface area contributed by atoms with E-state index in [2.05, 4.69) is 16.3 Å². The summed E-state index contributed by atoms with van der Waals surface area (Å²) in [5.74, 6) is -0.0830. The van der Waals surface area contributed by atoms with E-state index in [1.54, 1.807) is 0 Å². The minimum Gasteiger partial charge on any atom is -0.381 e. The Morgan fingerprint density at radius 3 is 2.35 bits per heavy atom. The van der Waals surface area contributed by atoms with E-state index >= 15 is 0 Å². The lowest BCUT2D eigenvalue weighted by atomic mass is 9.75. The van der Waals surface area contributed by atoms with Crippen molar-refractivity contribution in [3.8, 4) is 6.07 Å². The molecule has 2 amide bonds. The Balaban J connectivity index is 1.39. The SMILES string of the molecule is CC1(C(=O)N=C(CC2CCCCC2C(=O)NC2(C#N)CC2)c2ccc(N3CCS(=O)(=O)CC3)cc2)CCOCC1. The molecular formula is C30H40N4O5S. The maximum Gasteiger partial charge on any atom is 0.252 e. The molecule has 0 aromatic heterocycles. The van der Waals surface area contributed by atoms with Crippen molar-refractivity contribution in [2.24, 2.45) is 22.2 Å². The van der Waals surface area contributed by atoms with Crippen LogP contribution in [0.15, 0.2) is 29.3 Å². The molecular weight excluding hydrogens is 528 g/mol. The Labute approximate surface area is 237 Å². The van der Waals surface area contributed by atoms with Gasteiger partial charge in [-0.25, -0.2) is 13.4 Å². The van der Waals surface area contributed by atoms with Gasteiger partial charge in [0.1, 0.15) is 5.54 Å². The van der Waals surface area contributed by atoms with Crippen molar-refractivity contribution in [2.45, 2.75) is 70.3 Å². The molecule has 1 aromatic rings. The van der Waals surface area contributed by atoms with Crippen LogP contribution in [0.1, 0.15) is 70.3 Å². The third kappa shape index (κ3) is 6.58. The van der Waals surface area contributed by atoms with Gasteiger partial charge in [-0.1, -0.05) is 31.9 Å². The van der Waals surface area contributed by atoms with Crippen molar-refractivity contribution in [1.29, 1.82) is 5.26 Å². The van der Waals surface area contributed by atoms with Crippen molar-refractivity contribution in [3.63, 3.8) is 0 Å². The molecule has 2 atom stereocenters. The van der Waals surface area contributed by atoms with Gasteiger partial charge in [0.15, 0.2) is 9.84 Å². The van der Waals surface area contributed by atoms with Crippen LogP contribution in [0.3, 0.4) is 0 Å². The van der Waals surface area contributed by atoms with E-state index in [0.29, 0.717) is 64.1 Å². The van der Waals surface area contributed by atoms with E-state index in [0.717, 1.165) is 36.9 Å². The zero-order valence-corrected chi connectivity index (χ0v) is 24.2. The average Bonchev–Trinajstić information content (AvgIpc) is 3.73. The maximum absolute atomic E-state index is 13.5. The number of ether oxygens (including phenoxy) is 1. The van der Waals surface area contributed by atoms with Crippen molar-refractivity contribution in [3.05, 3.63) is 29.8 Å². The number of hydrogen-bond donors (Lipinski definition) is 1. The number of rotatable bonds is 7. The zero-order valence-electron chi connectivity index (χ0n) is 23.4. The summed E-state index contributed by atoms with van der Waals surface area (Å²) in [6.45, 7) is 3.97. The summed E-state index contributed by atoms with van der Waals surface area (Å²) < 4.78 is 29.2. The summed E-state index contributed by atoms with van der Waals surface area (Å²) in [7, 11) is -2.97. The molecule has 40 heavy (non-hydrogen) atoms. The monoisotopic (exact) mass is 568 g/mol. The number of sulfone groups is 1. The predicted octanol–water partition coefficient (Wildman–Crippen LogP) is 3.42. The van der Waals surface area contributed by atoms with Crippen LogP contribution in [-0.4, -0.2) is 69.3 Å². The van der Waals surface area contributed by atoms with Gasteiger partial charge in [-0.05, 0) is 68.6 Å². The summed E-state index contributed by atoms with van der Waals surface area (Å²) >= 11 is 0. The van der Waals surface area contributed by atoms with Gasteiger partial charge in [-0.15, -0.1) is 0 Å². The molecule has 2 saturated heterocycles. The summed E-state index contributed by atoms with van der Waals surface area (Å²) in [5.41, 5.74) is 1.21. The normalized spacial score (nSPS) is 27.3. The van der Waals surface area contributed by atoms with Gasteiger partial charge in [-0.2, -0.15) is 5.26 Å². The van der Waals surface area contributed by atoms with Crippen LogP contribution >= 0.6 is 0 Å². The van der Waals surface area contributed by atoms with Gasteiger partial charge in [-0.3, -0.25) is 9.59 Å². The fourth-order valence-electron chi connectivity index (χ4n) is 6.12. The largest absolute Gasteiger partial charge is 0.381 e. The number of benzene rings is 1. The predicted molar refractivity (Wildman–Crippen MR) is 153 cm³/mol. The first-order valence-corrected chi connectivity index (χ1v) is 16.4. The first-order valence-electron chi connectivity index (χ1n) is 14.6. The minimum absolute atomic E-state index is 0.0317. The molecule has 216 valence electrons. The van der Waals surface area contributed by atoms with Crippen LogP contribution < -0.4 is 10.2 Å². The molecule has 9 nitrogen and oxygen atoms in total. The molecule has 1 aromatic carbocycles. The fourth-order valence-corrected chi connectivity index (χ4v) is 7.32. The van der Waals surface area contributed by atoms with E-state index in [1.165, 1.54) is 0 Å². The van der Waals surface area contributed by atoms with Crippen molar-refractivity contribution >= 4 is 33.1 Å². The third-order valence-corrected chi connectivity index (χ3v) is 10.9. The van der Waals surface area contributed by atoms with E-state index in [9.17, 15) is 23.3 Å². The Morgan fingerprint density at radius 1 is 1.07 bits per heavy atom. The molecule has 2 heterocycles. The van der Waals surface area contributed by atoms with Crippen molar-refractivity contribution < 1.29 is 22.7 Å². The first kappa shape index (κ1) is 28.7. The highest BCUT2D eigenvalue weighted by Crippen LogP contribution is 2.39. The minimum atomic E-state index is -2.97. The van der Waals surface area contributed by atoms with Gasteiger partial charge >= 0.3 is 0 Å². The van der Waals surface area contributed by atoms with E-state index < -0.39 is 20.8 Å². The highest BCUT2D eigenvalue weighted by Gasteiger charge is 2.46. The molecule has 0 bridgehead atoms. The van der Waals surface area contributed by atoms with Gasteiger partial charge in [0.25, 0.3) is 5.91 Å². The van der Waals surface area contributed by atoms with Crippen LogP contribution in [0, 0.1) is 28.6 Å². The first-order chi connectivity index (χ1) is 19.1. The lowest BCUT2D eigenvalue weighted by Gasteiger charge is -2.33. The molecule has 4 fully saturated rings. The summed E-state index contributed by atoms with van der Waals surface area (Å²) in [4.78, 5) is 33.7. The summed E-state index contributed by atoms with van der Waals surface area (Å²) in [6, 6.07) is 10.1. The lowest BCUT2D eigenvalue weighted by molar-refractivity contribution is -0.131. The molecule has 4 aliphatic rings. The second kappa shape index (κ2) is 11.6. The van der Waals surface area contributed by atoms with Crippen LogP contribution in [0.4, 0.5) is 5.69 Å². The van der Waals surface area contributed by atoms with E-state index in [4.69, 9.17) is 9.73 Å².